The van der Waals surface area contributed by atoms with Gasteiger partial charge in [0.1, 0.15) is 0 Å². The van der Waals surface area contributed by atoms with Crippen molar-refractivity contribution in [3.05, 3.63) is 24.8 Å². The normalized spacial score (nSPS) is 20.8. The molecule has 0 unspecified atom stereocenters. The Kier molecular flexibility index (Phi) is 1.57. The summed E-state index contributed by atoms with van der Waals surface area (Å²) in [5, 5.41) is 8.39. The topological polar surface area (TPSA) is 62.4 Å². The predicted molar refractivity (Wildman–Crippen MR) is 31.9 cm³/mol. The Morgan fingerprint density at radius 2 is 2.20 bits per heavy atom. The van der Waals surface area contributed by atoms with Crippen molar-refractivity contribution in [2.24, 2.45) is 0 Å². The maximum absolute atomic E-state index is 10.3. The molecule has 1 aliphatic heterocycles. The zero-order valence-corrected chi connectivity index (χ0v) is 5.11. The van der Waals surface area contributed by atoms with E-state index in [4.69, 9.17) is 5.11 Å². The lowest BCUT2D eigenvalue weighted by molar-refractivity contribution is -0.142. The zero-order chi connectivity index (χ0) is 7.61. The standard InChI is InChI=1S/C6H6O4/c1-2-3-4-6(5(7)8)9-10-6/h2-4H,1H2,(H,7,8). The van der Waals surface area contributed by atoms with E-state index < -0.39 is 11.8 Å². The number of allylic oxidation sites excluding steroid dienone is 2. The largest absolute Gasteiger partial charge is 0.477 e. The third-order valence-corrected chi connectivity index (χ3v) is 1.01. The van der Waals surface area contributed by atoms with Crippen LogP contribution in [0.15, 0.2) is 24.8 Å². The van der Waals surface area contributed by atoms with Crippen LogP contribution in [0.2, 0.25) is 0 Å². The van der Waals surface area contributed by atoms with Crippen molar-refractivity contribution in [1.29, 1.82) is 0 Å². The number of carbonyl (C=O) groups is 1. The van der Waals surface area contributed by atoms with Gasteiger partial charge in [0.15, 0.2) is 0 Å². The van der Waals surface area contributed by atoms with E-state index in [1.54, 1.807) is 0 Å². The van der Waals surface area contributed by atoms with Crippen LogP contribution in [0.25, 0.3) is 0 Å². The van der Waals surface area contributed by atoms with E-state index in [1.807, 2.05) is 0 Å². The molecule has 54 valence electrons. The van der Waals surface area contributed by atoms with Gasteiger partial charge in [-0.2, -0.15) is 9.78 Å². The van der Waals surface area contributed by atoms with Crippen molar-refractivity contribution in [1.82, 2.24) is 0 Å². The van der Waals surface area contributed by atoms with Crippen molar-refractivity contribution in [2.75, 3.05) is 0 Å². The van der Waals surface area contributed by atoms with Crippen LogP contribution >= 0.6 is 0 Å². The monoisotopic (exact) mass is 142 g/mol. The van der Waals surface area contributed by atoms with Gasteiger partial charge in [0.05, 0.1) is 0 Å². The van der Waals surface area contributed by atoms with Crippen molar-refractivity contribution in [2.45, 2.75) is 5.79 Å². The number of carboxylic acids is 1. The quantitative estimate of drug-likeness (QED) is 0.353. The minimum atomic E-state index is -1.53. The average molecular weight is 142 g/mol. The highest BCUT2D eigenvalue weighted by Crippen LogP contribution is 2.30. The fraction of sp³-hybridized carbons (Fsp3) is 0.167. The first-order valence-corrected chi connectivity index (χ1v) is 2.62. The Labute approximate surface area is 57.3 Å². The second-order valence-corrected chi connectivity index (χ2v) is 1.73. The summed E-state index contributed by atoms with van der Waals surface area (Å²) in [7, 11) is 0. The van der Waals surface area contributed by atoms with Gasteiger partial charge in [-0.25, -0.2) is 4.79 Å². The molecule has 0 aromatic carbocycles. The maximum Gasteiger partial charge on any atom is 0.374 e. The Morgan fingerprint density at radius 1 is 1.60 bits per heavy atom. The molecule has 0 saturated carbocycles. The average Bonchev–Trinajstić information content (AvgIpc) is 2.64. The third kappa shape index (κ3) is 1.07. The Morgan fingerprint density at radius 3 is 2.50 bits per heavy atom. The highest BCUT2D eigenvalue weighted by atomic mass is 17.4. The summed E-state index contributed by atoms with van der Waals surface area (Å²) in [6.07, 6.45) is 4.15. The molecule has 10 heavy (non-hydrogen) atoms. The van der Waals surface area contributed by atoms with E-state index in [1.165, 1.54) is 18.2 Å². The Hall–Kier alpha value is -1.13. The molecule has 1 N–H and O–H groups in total. The molecule has 0 spiro atoms. The molecule has 0 atom stereocenters. The molecule has 1 rings (SSSR count). The highest BCUT2D eigenvalue weighted by molar-refractivity contribution is 5.79. The second kappa shape index (κ2) is 2.24. The Balaban J connectivity index is 2.61. The molecule has 0 aliphatic carbocycles. The van der Waals surface area contributed by atoms with Gasteiger partial charge in [-0.3, -0.25) is 0 Å². The van der Waals surface area contributed by atoms with E-state index in [9.17, 15) is 4.79 Å². The first kappa shape index (κ1) is 6.98. The van der Waals surface area contributed by atoms with Crippen LogP contribution in [-0.4, -0.2) is 16.9 Å². The predicted octanol–water partition coefficient (Wildman–Crippen LogP) is 0.471. The van der Waals surface area contributed by atoms with Crippen LogP contribution in [-0.2, 0) is 14.6 Å². The Bertz CT molecular complexity index is 190. The van der Waals surface area contributed by atoms with Gasteiger partial charge in [0.2, 0.25) is 0 Å². The van der Waals surface area contributed by atoms with E-state index in [-0.39, 0.29) is 0 Å². The van der Waals surface area contributed by atoms with Crippen LogP contribution < -0.4 is 0 Å². The molecule has 1 fully saturated rings. The van der Waals surface area contributed by atoms with E-state index in [0.717, 1.165) is 0 Å². The lowest BCUT2D eigenvalue weighted by atomic mass is 10.3. The molecule has 1 heterocycles. The second-order valence-electron chi connectivity index (χ2n) is 1.73. The summed E-state index contributed by atoms with van der Waals surface area (Å²) in [6.45, 7) is 3.36. The van der Waals surface area contributed by atoms with Crippen LogP contribution in [0.1, 0.15) is 0 Å². The van der Waals surface area contributed by atoms with Crippen LogP contribution in [0.3, 0.4) is 0 Å². The van der Waals surface area contributed by atoms with Gasteiger partial charge < -0.3 is 5.11 Å². The molecule has 4 nitrogen and oxygen atoms in total. The SMILES string of the molecule is C=CC=CC1(C(=O)O)OO1. The summed E-state index contributed by atoms with van der Waals surface area (Å²) in [6, 6.07) is 0. The van der Waals surface area contributed by atoms with Gasteiger partial charge in [-0.05, 0) is 6.08 Å². The van der Waals surface area contributed by atoms with E-state index in [2.05, 4.69) is 16.4 Å². The molecule has 0 aromatic heterocycles. The maximum atomic E-state index is 10.3. The summed E-state index contributed by atoms with van der Waals surface area (Å²) in [4.78, 5) is 18.7. The van der Waals surface area contributed by atoms with Gasteiger partial charge in [0, 0.05) is 0 Å². The molecule has 0 aromatic rings. The smallest absolute Gasteiger partial charge is 0.374 e. The van der Waals surface area contributed by atoms with Crippen molar-refractivity contribution < 1.29 is 19.7 Å². The third-order valence-electron chi connectivity index (χ3n) is 1.01. The number of hydrogen-bond donors (Lipinski definition) is 1. The lowest BCUT2D eigenvalue weighted by Crippen LogP contribution is -2.19. The zero-order valence-electron chi connectivity index (χ0n) is 5.11. The highest BCUT2D eigenvalue weighted by Gasteiger charge is 2.55. The van der Waals surface area contributed by atoms with Crippen LogP contribution in [0.5, 0.6) is 0 Å². The summed E-state index contributed by atoms with van der Waals surface area (Å²) < 4.78 is 0. The summed E-state index contributed by atoms with van der Waals surface area (Å²) in [5.74, 6) is -2.70. The first-order chi connectivity index (χ1) is 4.71. The van der Waals surface area contributed by atoms with Crippen molar-refractivity contribution in [3.63, 3.8) is 0 Å². The molecular weight excluding hydrogens is 136 g/mol. The van der Waals surface area contributed by atoms with Crippen LogP contribution in [0, 0.1) is 0 Å². The van der Waals surface area contributed by atoms with Gasteiger partial charge in [-0.15, -0.1) is 0 Å². The summed E-state index contributed by atoms with van der Waals surface area (Å²) in [5.41, 5.74) is 0. The number of carboxylic acid groups (broad SMARTS) is 1. The van der Waals surface area contributed by atoms with Gasteiger partial charge >= 0.3 is 11.8 Å². The minimum Gasteiger partial charge on any atom is -0.477 e. The molecule has 0 bridgehead atoms. The summed E-state index contributed by atoms with van der Waals surface area (Å²) >= 11 is 0. The number of rotatable bonds is 3. The fourth-order valence-electron chi connectivity index (χ4n) is 0.438. The minimum absolute atomic E-state index is 1.16. The molecule has 0 radical (unpaired) electrons. The molecule has 1 saturated heterocycles. The van der Waals surface area contributed by atoms with Gasteiger partial charge in [-0.1, -0.05) is 18.7 Å². The van der Waals surface area contributed by atoms with Crippen molar-refractivity contribution in [3.8, 4) is 0 Å². The molecular formula is C6H6O4. The van der Waals surface area contributed by atoms with Crippen LogP contribution in [0.4, 0.5) is 0 Å². The number of aliphatic carboxylic acids is 1. The molecule has 4 heteroatoms. The van der Waals surface area contributed by atoms with Gasteiger partial charge in [0.25, 0.3) is 0 Å². The van der Waals surface area contributed by atoms with Crippen molar-refractivity contribution >= 4 is 5.97 Å². The fourth-order valence-corrected chi connectivity index (χ4v) is 0.438. The van der Waals surface area contributed by atoms with E-state index in [0.29, 0.717) is 0 Å². The molecule has 0 amide bonds. The number of hydrogen-bond acceptors (Lipinski definition) is 3. The van der Waals surface area contributed by atoms with E-state index >= 15 is 0 Å². The first-order valence-electron chi connectivity index (χ1n) is 2.62. The lowest BCUT2D eigenvalue weighted by Gasteiger charge is -1.88. The molecule has 1 aliphatic rings.